The molecule has 0 saturated carbocycles. The fourth-order valence-electron chi connectivity index (χ4n) is 4.05. The Morgan fingerprint density at radius 1 is 1.08 bits per heavy atom. The fraction of sp³-hybridized carbons (Fsp3) is 0.667. The van der Waals surface area contributed by atoms with Gasteiger partial charge in [0, 0.05) is 25.2 Å². The van der Waals surface area contributed by atoms with E-state index in [2.05, 4.69) is 43.9 Å². The van der Waals surface area contributed by atoms with E-state index in [4.69, 9.17) is 0 Å². The molecule has 1 atom stereocenters. The molecule has 0 spiro atoms. The molecule has 1 aliphatic rings. The highest BCUT2D eigenvalue weighted by atomic mass is 16.2. The number of carbonyl (C=O) groups excluding carboxylic acids is 1. The van der Waals surface area contributed by atoms with Crippen LogP contribution >= 0.6 is 0 Å². The number of anilines is 1. The largest absolute Gasteiger partial charge is 0.312 e. The molecule has 134 valence electrons. The molecule has 3 heteroatoms. The quantitative estimate of drug-likeness (QED) is 0.704. The van der Waals surface area contributed by atoms with Crippen molar-refractivity contribution in [1.29, 1.82) is 0 Å². The molecular formula is C21H34N2O. The summed E-state index contributed by atoms with van der Waals surface area (Å²) >= 11 is 0. The fourth-order valence-corrected chi connectivity index (χ4v) is 4.05. The van der Waals surface area contributed by atoms with Gasteiger partial charge in [0.15, 0.2) is 0 Å². The van der Waals surface area contributed by atoms with Crippen molar-refractivity contribution in [3.8, 4) is 0 Å². The lowest BCUT2D eigenvalue weighted by Gasteiger charge is -2.36. The van der Waals surface area contributed by atoms with E-state index in [-0.39, 0.29) is 5.91 Å². The van der Waals surface area contributed by atoms with Gasteiger partial charge in [-0.2, -0.15) is 0 Å². The van der Waals surface area contributed by atoms with Crippen molar-refractivity contribution in [1.82, 2.24) is 4.90 Å². The van der Waals surface area contributed by atoms with Gasteiger partial charge >= 0.3 is 0 Å². The molecule has 1 aromatic rings. The minimum Gasteiger partial charge on any atom is -0.312 e. The van der Waals surface area contributed by atoms with Crippen molar-refractivity contribution >= 4 is 11.6 Å². The van der Waals surface area contributed by atoms with Crippen LogP contribution < -0.4 is 4.90 Å². The number of nitrogens with zero attached hydrogens (tertiary/aromatic N) is 2. The molecule has 1 unspecified atom stereocenters. The first-order valence-electron chi connectivity index (χ1n) is 9.75. The molecular weight excluding hydrogens is 296 g/mol. The second-order valence-corrected chi connectivity index (χ2v) is 7.02. The summed E-state index contributed by atoms with van der Waals surface area (Å²) < 4.78 is 0. The van der Waals surface area contributed by atoms with Crippen molar-refractivity contribution in [2.24, 2.45) is 0 Å². The lowest BCUT2D eigenvalue weighted by Crippen LogP contribution is -2.41. The molecule has 1 amide bonds. The van der Waals surface area contributed by atoms with Crippen molar-refractivity contribution in [3.05, 3.63) is 29.3 Å². The number of amides is 1. The van der Waals surface area contributed by atoms with Crippen LogP contribution in [0.4, 0.5) is 5.69 Å². The van der Waals surface area contributed by atoms with Crippen LogP contribution in [0.25, 0.3) is 0 Å². The normalized spacial score (nSPS) is 17.0. The predicted octanol–water partition coefficient (Wildman–Crippen LogP) is 4.43. The standard InChI is InChI=1S/C21H34N2O/c1-5-13-22(14-6-2)19-11-12-20-18(16-19)9-8-10-21(20)23(15-7-3)17(4)24/h8-10,19H,5-7,11-16H2,1-4H3. The molecule has 0 radical (unpaired) electrons. The number of carbonyl (C=O) groups is 1. The maximum Gasteiger partial charge on any atom is 0.223 e. The van der Waals surface area contributed by atoms with Crippen LogP contribution in [-0.4, -0.2) is 36.5 Å². The second kappa shape index (κ2) is 9.22. The minimum absolute atomic E-state index is 0.158. The lowest BCUT2D eigenvalue weighted by molar-refractivity contribution is -0.116. The summed E-state index contributed by atoms with van der Waals surface area (Å²) in [5, 5.41) is 0. The third kappa shape index (κ3) is 4.38. The molecule has 1 aromatic carbocycles. The Balaban J connectivity index is 2.24. The summed E-state index contributed by atoms with van der Waals surface area (Å²) in [7, 11) is 0. The van der Waals surface area contributed by atoms with Gasteiger partial charge in [0.2, 0.25) is 5.91 Å². The topological polar surface area (TPSA) is 23.6 Å². The first kappa shape index (κ1) is 19.0. The molecule has 0 heterocycles. The predicted molar refractivity (Wildman–Crippen MR) is 103 cm³/mol. The Hall–Kier alpha value is -1.35. The molecule has 0 saturated heterocycles. The van der Waals surface area contributed by atoms with Crippen molar-refractivity contribution in [2.75, 3.05) is 24.5 Å². The van der Waals surface area contributed by atoms with Gasteiger partial charge in [0.1, 0.15) is 0 Å². The zero-order chi connectivity index (χ0) is 17.5. The van der Waals surface area contributed by atoms with Gasteiger partial charge in [-0.1, -0.05) is 32.9 Å². The Kier molecular flexibility index (Phi) is 7.29. The van der Waals surface area contributed by atoms with Gasteiger partial charge in [0.25, 0.3) is 0 Å². The maximum absolute atomic E-state index is 12.1. The van der Waals surface area contributed by atoms with Crippen molar-refractivity contribution < 1.29 is 4.79 Å². The maximum atomic E-state index is 12.1. The average Bonchev–Trinajstić information content (AvgIpc) is 2.58. The number of hydrogen-bond acceptors (Lipinski definition) is 2. The van der Waals surface area contributed by atoms with Crippen LogP contribution in [0.2, 0.25) is 0 Å². The molecule has 24 heavy (non-hydrogen) atoms. The zero-order valence-electron chi connectivity index (χ0n) is 16.0. The second-order valence-electron chi connectivity index (χ2n) is 7.02. The Morgan fingerprint density at radius 2 is 1.75 bits per heavy atom. The van der Waals surface area contributed by atoms with Crippen molar-refractivity contribution in [3.63, 3.8) is 0 Å². The summed E-state index contributed by atoms with van der Waals surface area (Å²) in [5.74, 6) is 0.158. The van der Waals surface area contributed by atoms with Crippen LogP contribution in [0.15, 0.2) is 18.2 Å². The van der Waals surface area contributed by atoms with E-state index in [1.807, 2.05) is 4.90 Å². The van der Waals surface area contributed by atoms with Crippen LogP contribution in [0.5, 0.6) is 0 Å². The molecule has 1 aliphatic carbocycles. The summed E-state index contributed by atoms with van der Waals surface area (Å²) in [5.41, 5.74) is 4.01. The average molecular weight is 331 g/mol. The highest BCUT2D eigenvalue weighted by Gasteiger charge is 2.26. The van der Waals surface area contributed by atoms with Crippen LogP contribution in [0, 0.1) is 0 Å². The molecule has 0 N–H and O–H groups in total. The van der Waals surface area contributed by atoms with Crippen LogP contribution in [0.1, 0.15) is 64.5 Å². The molecule has 3 nitrogen and oxygen atoms in total. The van der Waals surface area contributed by atoms with Gasteiger partial charge in [-0.15, -0.1) is 0 Å². The van der Waals surface area contributed by atoms with Gasteiger partial charge in [-0.25, -0.2) is 0 Å². The van der Waals surface area contributed by atoms with E-state index in [9.17, 15) is 4.79 Å². The Bertz CT molecular complexity index is 535. The number of fused-ring (bicyclic) bond motifs is 1. The van der Waals surface area contributed by atoms with E-state index in [1.165, 1.54) is 43.5 Å². The van der Waals surface area contributed by atoms with Gasteiger partial charge in [-0.3, -0.25) is 4.79 Å². The minimum atomic E-state index is 0.158. The third-order valence-corrected chi connectivity index (χ3v) is 5.09. The molecule has 0 aliphatic heterocycles. The third-order valence-electron chi connectivity index (χ3n) is 5.09. The van der Waals surface area contributed by atoms with Crippen LogP contribution in [0.3, 0.4) is 0 Å². The number of hydrogen-bond donors (Lipinski definition) is 0. The summed E-state index contributed by atoms with van der Waals surface area (Å²) in [6.45, 7) is 11.6. The Morgan fingerprint density at radius 3 is 2.33 bits per heavy atom. The summed E-state index contributed by atoms with van der Waals surface area (Å²) in [4.78, 5) is 16.7. The first-order chi connectivity index (χ1) is 11.6. The molecule has 0 aromatic heterocycles. The van der Waals surface area contributed by atoms with E-state index >= 15 is 0 Å². The molecule has 0 fully saturated rings. The lowest BCUT2D eigenvalue weighted by atomic mass is 9.86. The van der Waals surface area contributed by atoms with Crippen LogP contribution in [-0.2, 0) is 17.6 Å². The zero-order valence-corrected chi connectivity index (χ0v) is 16.0. The number of rotatable bonds is 8. The first-order valence-corrected chi connectivity index (χ1v) is 9.75. The van der Waals surface area contributed by atoms with Crippen molar-refractivity contribution in [2.45, 2.75) is 72.3 Å². The van der Waals surface area contributed by atoms with E-state index < -0.39 is 0 Å². The monoisotopic (exact) mass is 330 g/mol. The SMILES string of the molecule is CCCN(C(C)=O)c1cccc2c1CCC(N(CCC)CCC)C2. The smallest absolute Gasteiger partial charge is 0.223 e. The summed E-state index contributed by atoms with van der Waals surface area (Å²) in [6.07, 6.45) is 6.86. The highest BCUT2D eigenvalue weighted by Crippen LogP contribution is 2.32. The van der Waals surface area contributed by atoms with Gasteiger partial charge in [0.05, 0.1) is 0 Å². The van der Waals surface area contributed by atoms with Gasteiger partial charge in [-0.05, 0) is 68.8 Å². The Labute approximate surface area is 148 Å². The molecule has 2 rings (SSSR count). The summed E-state index contributed by atoms with van der Waals surface area (Å²) in [6, 6.07) is 7.19. The van der Waals surface area contributed by atoms with E-state index in [0.717, 1.165) is 31.5 Å². The van der Waals surface area contributed by atoms with E-state index in [1.54, 1.807) is 6.92 Å². The molecule has 0 bridgehead atoms. The van der Waals surface area contributed by atoms with Gasteiger partial charge < -0.3 is 9.80 Å². The van der Waals surface area contributed by atoms with E-state index in [0.29, 0.717) is 6.04 Å². The highest BCUT2D eigenvalue weighted by molar-refractivity contribution is 5.92. The number of benzene rings is 1.